The molecule has 1 rings (SSSR count). The molecule has 1 aromatic rings. The van der Waals surface area contributed by atoms with Crippen molar-refractivity contribution in [3.63, 3.8) is 0 Å². The van der Waals surface area contributed by atoms with Crippen molar-refractivity contribution in [2.24, 2.45) is 0 Å². The fourth-order valence-electron chi connectivity index (χ4n) is 1.24. The topological polar surface area (TPSA) is 52.3 Å². The van der Waals surface area contributed by atoms with Crippen LogP contribution in [-0.4, -0.2) is 18.3 Å². The van der Waals surface area contributed by atoms with Gasteiger partial charge in [-0.25, -0.2) is 4.79 Å². The van der Waals surface area contributed by atoms with Gasteiger partial charge in [0.1, 0.15) is 0 Å². The Morgan fingerprint density at radius 1 is 1.53 bits per heavy atom. The van der Waals surface area contributed by atoms with Crippen LogP contribution in [0.5, 0.6) is 0 Å². The van der Waals surface area contributed by atoms with E-state index in [2.05, 4.69) is 0 Å². The normalized spacial score (nSPS) is 10.7. The molecule has 0 bridgehead atoms. The third kappa shape index (κ3) is 4.95. The molecule has 0 atom stereocenters. The molecule has 0 aliphatic heterocycles. The molecular weight excluding hydrogens is 234 g/mol. The predicted octanol–water partition coefficient (Wildman–Crippen LogP) is 2.79. The van der Waals surface area contributed by atoms with Crippen molar-refractivity contribution in [1.82, 2.24) is 0 Å². The lowest BCUT2D eigenvalue weighted by molar-refractivity contribution is -0.137. The average Bonchev–Trinajstić information content (AvgIpc) is 2.29. The van der Waals surface area contributed by atoms with Gasteiger partial charge in [0, 0.05) is 22.4 Å². The third-order valence-corrected chi connectivity index (χ3v) is 3.07. The average molecular weight is 251 g/mol. The summed E-state index contributed by atoms with van der Waals surface area (Å²) in [6, 6.07) is 5.92. The largest absolute Gasteiger partial charge is 0.463 e. The lowest BCUT2D eigenvalue weighted by atomic mass is 10.2. The second kappa shape index (κ2) is 7.01. The van der Waals surface area contributed by atoms with E-state index in [9.17, 15) is 4.79 Å². The fraction of sp³-hybridized carbons (Fsp3) is 0.308. The summed E-state index contributed by atoms with van der Waals surface area (Å²) in [5.74, 6) is 0.400. The van der Waals surface area contributed by atoms with Crippen molar-refractivity contribution in [2.45, 2.75) is 18.7 Å². The second-order valence-corrected chi connectivity index (χ2v) is 4.57. The van der Waals surface area contributed by atoms with E-state index in [1.165, 1.54) is 11.6 Å². The van der Waals surface area contributed by atoms with Gasteiger partial charge in [0.15, 0.2) is 0 Å². The zero-order chi connectivity index (χ0) is 12.7. The number of carbonyl (C=O) groups is 1. The van der Waals surface area contributed by atoms with E-state index < -0.39 is 0 Å². The number of thioether (sulfide) groups is 1. The highest BCUT2D eigenvalue weighted by Gasteiger charge is 1.99. The van der Waals surface area contributed by atoms with Gasteiger partial charge in [-0.05, 0) is 31.5 Å². The van der Waals surface area contributed by atoms with E-state index in [4.69, 9.17) is 10.5 Å². The van der Waals surface area contributed by atoms with E-state index in [1.54, 1.807) is 24.8 Å². The first-order chi connectivity index (χ1) is 8.13. The molecule has 0 aliphatic rings. The van der Waals surface area contributed by atoms with Crippen LogP contribution in [0.25, 0.3) is 0 Å². The molecular formula is C13H17NO2S. The van der Waals surface area contributed by atoms with Crippen LogP contribution in [-0.2, 0) is 9.53 Å². The summed E-state index contributed by atoms with van der Waals surface area (Å²) >= 11 is 1.60. The van der Waals surface area contributed by atoms with E-state index in [-0.39, 0.29) is 5.97 Å². The summed E-state index contributed by atoms with van der Waals surface area (Å²) in [5, 5.41) is 0. The summed E-state index contributed by atoms with van der Waals surface area (Å²) < 4.78 is 4.78. The summed E-state index contributed by atoms with van der Waals surface area (Å²) in [7, 11) is 0. The lowest BCUT2D eigenvalue weighted by Crippen LogP contribution is -1.98. The number of ether oxygens (including phenoxy) is 1. The zero-order valence-corrected chi connectivity index (χ0v) is 10.9. The maximum Gasteiger partial charge on any atom is 0.330 e. The van der Waals surface area contributed by atoms with Crippen molar-refractivity contribution in [3.8, 4) is 0 Å². The number of aryl methyl sites for hydroxylation is 1. The smallest absolute Gasteiger partial charge is 0.330 e. The molecule has 0 fully saturated rings. The van der Waals surface area contributed by atoms with Gasteiger partial charge in [-0.2, -0.15) is 0 Å². The molecule has 4 heteroatoms. The maximum absolute atomic E-state index is 11.0. The molecule has 0 saturated heterocycles. The first-order valence-corrected chi connectivity index (χ1v) is 6.44. The quantitative estimate of drug-likeness (QED) is 0.378. The standard InChI is InChI=1S/C13H17NO2S/c1-3-16-13(15)5-4-8-17-12-9-10(2)6-7-11(12)14/h4-7,9H,3,8,14H2,1-2H3/b5-4+. The minimum absolute atomic E-state index is 0.301. The summed E-state index contributed by atoms with van der Waals surface area (Å²) in [6.07, 6.45) is 3.23. The Bertz CT molecular complexity index is 416. The van der Waals surface area contributed by atoms with Crippen LogP contribution in [0, 0.1) is 6.92 Å². The van der Waals surface area contributed by atoms with Crippen LogP contribution >= 0.6 is 11.8 Å². The molecule has 0 saturated carbocycles. The Hall–Kier alpha value is -1.42. The summed E-state index contributed by atoms with van der Waals surface area (Å²) in [6.45, 7) is 4.22. The fourth-order valence-corrected chi connectivity index (χ4v) is 2.12. The number of hydrogen-bond acceptors (Lipinski definition) is 4. The van der Waals surface area contributed by atoms with Crippen LogP contribution in [0.4, 0.5) is 5.69 Å². The van der Waals surface area contributed by atoms with Gasteiger partial charge >= 0.3 is 5.97 Å². The number of nitrogens with two attached hydrogens (primary N) is 1. The van der Waals surface area contributed by atoms with Crippen LogP contribution in [0.3, 0.4) is 0 Å². The number of rotatable bonds is 5. The molecule has 0 unspecified atom stereocenters. The van der Waals surface area contributed by atoms with Crippen molar-refractivity contribution in [1.29, 1.82) is 0 Å². The van der Waals surface area contributed by atoms with E-state index in [0.29, 0.717) is 12.4 Å². The van der Waals surface area contributed by atoms with Gasteiger partial charge in [-0.15, -0.1) is 11.8 Å². The minimum Gasteiger partial charge on any atom is -0.463 e. The van der Waals surface area contributed by atoms with E-state index in [1.807, 2.05) is 25.1 Å². The molecule has 0 spiro atoms. The summed E-state index contributed by atoms with van der Waals surface area (Å²) in [4.78, 5) is 12.1. The van der Waals surface area contributed by atoms with Crippen LogP contribution in [0.2, 0.25) is 0 Å². The van der Waals surface area contributed by atoms with E-state index in [0.717, 1.165) is 10.6 Å². The number of hydrogen-bond donors (Lipinski definition) is 1. The lowest BCUT2D eigenvalue weighted by Gasteiger charge is -2.04. The molecule has 92 valence electrons. The van der Waals surface area contributed by atoms with Gasteiger partial charge in [-0.3, -0.25) is 0 Å². The number of carbonyl (C=O) groups excluding carboxylic acids is 1. The predicted molar refractivity (Wildman–Crippen MR) is 72.1 cm³/mol. The zero-order valence-electron chi connectivity index (χ0n) is 10.1. The van der Waals surface area contributed by atoms with Gasteiger partial charge < -0.3 is 10.5 Å². The molecule has 0 aliphatic carbocycles. The SMILES string of the molecule is CCOC(=O)/C=C/CSc1cc(C)ccc1N. The van der Waals surface area contributed by atoms with Gasteiger partial charge in [0.25, 0.3) is 0 Å². The van der Waals surface area contributed by atoms with Crippen molar-refractivity contribution in [2.75, 3.05) is 18.1 Å². The Balaban J connectivity index is 2.45. The molecule has 2 N–H and O–H groups in total. The van der Waals surface area contributed by atoms with Crippen LogP contribution < -0.4 is 5.73 Å². The molecule has 17 heavy (non-hydrogen) atoms. The monoisotopic (exact) mass is 251 g/mol. The first kappa shape index (κ1) is 13.6. The third-order valence-electron chi connectivity index (χ3n) is 2.04. The van der Waals surface area contributed by atoms with Gasteiger partial charge in [0.05, 0.1) is 6.61 Å². The van der Waals surface area contributed by atoms with Crippen molar-refractivity contribution >= 4 is 23.4 Å². The van der Waals surface area contributed by atoms with Crippen LogP contribution in [0.1, 0.15) is 12.5 Å². The highest BCUT2D eigenvalue weighted by atomic mass is 32.2. The number of anilines is 1. The molecule has 0 aromatic heterocycles. The first-order valence-electron chi connectivity index (χ1n) is 5.45. The number of benzene rings is 1. The molecule has 3 nitrogen and oxygen atoms in total. The Labute approximate surface area is 106 Å². The van der Waals surface area contributed by atoms with Gasteiger partial charge in [-0.1, -0.05) is 12.1 Å². The van der Waals surface area contributed by atoms with Crippen molar-refractivity contribution < 1.29 is 9.53 Å². The Kier molecular flexibility index (Phi) is 5.63. The van der Waals surface area contributed by atoms with Crippen molar-refractivity contribution in [3.05, 3.63) is 35.9 Å². The number of nitrogen functional groups attached to an aromatic ring is 1. The highest BCUT2D eigenvalue weighted by Crippen LogP contribution is 2.25. The van der Waals surface area contributed by atoms with E-state index >= 15 is 0 Å². The van der Waals surface area contributed by atoms with Gasteiger partial charge in [0.2, 0.25) is 0 Å². The maximum atomic E-state index is 11.0. The van der Waals surface area contributed by atoms with Crippen LogP contribution in [0.15, 0.2) is 35.2 Å². The molecule has 1 aromatic carbocycles. The summed E-state index contributed by atoms with van der Waals surface area (Å²) in [5.41, 5.74) is 7.79. The number of esters is 1. The molecule has 0 heterocycles. The minimum atomic E-state index is -0.301. The Morgan fingerprint density at radius 3 is 3.00 bits per heavy atom. The highest BCUT2D eigenvalue weighted by molar-refractivity contribution is 7.99. The Morgan fingerprint density at radius 2 is 2.29 bits per heavy atom. The molecule has 0 radical (unpaired) electrons. The molecule has 0 amide bonds. The second-order valence-electron chi connectivity index (χ2n) is 3.51.